The Bertz CT molecular complexity index is 1780. The molecule has 3 aliphatic rings. The van der Waals surface area contributed by atoms with E-state index in [1.807, 2.05) is 41.3 Å². The lowest BCUT2D eigenvalue weighted by Gasteiger charge is -2.42. The Balaban J connectivity index is 1.01. The average Bonchev–Trinajstić information content (AvgIpc) is 3.76. The largest absolute Gasteiger partial charge is 0.436 e. The molecular weight excluding hydrogens is 634 g/mol. The number of amides is 2. The van der Waals surface area contributed by atoms with Crippen molar-refractivity contribution in [2.24, 2.45) is 0 Å². The molecule has 13 nitrogen and oxygen atoms in total. The first-order valence-corrected chi connectivity index (χ1v) is 17.2. The fraction of sp³-hybridized carbons (Fsp3) is 0.500. The number of H-pyrrole nitrogens is 2. The fourth-order valence-electron chi connectivity index (χ4n) is 7.25. The van der Waals surface area contributed by atoms with Crippen LogP contribution < -0.4 is 5.69 Å². The fourth-order valence-corrected chi connectivity index (χ4v) is 7.55. The Labute approximate surface area is 283 Å². The molecular formula is C34H42ClN9O4. The lowest BCUT2D eigenvalue weighted by molar-refractivity contribution is -0.143. The highest BCUT2D eigenvalue weighted by Crippen LogP contribution is 2.27. The number of hydrogen-bond acceptors (Lipinski definition) is 8. The van der Waals surface area contributed by atoms with E-state index in [0.717, 1.165) is 61.1 Å². The summed E-state index contributed by atoms with van der Waals surface area (Å²) in [6.45, 7) is 5.74. The number of benzene rings is 2. The molecule has 2 aromatic heterocycles. The number of carbonyl (C=O) groups is 2. The highest BCUT2D eigenvalue weighted by Gasteiger charge is 2.35. The highest BCUT2D eigenvalue weighted by atomic mass is 35.5. The molecule has 14 heteroatoms. The molecule has 254 valence electrons. The maximum absolute atomic E-state index is 14.0. The second-order valence-electron chi connectivity index (χ2n) is 13.2. The predicted molar refractivity (Wildman–Crippen MR) is 182 cm³/mol. The first kappa shape index (κ1) is 32.4. The molecule has 4 aromatic rings. The molecule has 7 rings (SSSR count). The molecule has 5 heterocycles. The molecule has 3 saturated heterocycles. The van der Waals surface area contributed by atoms with Crippen LogP contribution in [0.4, 0.5) is 4.79 Å². The molecule has 0 spiro atoms. The summed E-state index contributed by atoms with van der Waals surface area (Å²) in [6.07, 6.45) is 3.70. The van der Waals surface area contributed by atoms with Crippen molar-refractivity contribution < 1.29 is 14.3 Å². The number of piperidine rings is 2. The predicted octanol–water partition coefficient (Wildman–Crippen LogP) is 3.39. The van der Waals surface area contributed by atoms with Crippen LogP contribution >= 0.6 is 11.6 Å². The van der Waals surface area contributed by atoms with Crippen molar-refractivity contribution in [1.82, 2.24) is 44.6 Å². The van der Waals surface area contributed by atoms with E-state index in [-0.39, 0.29) is 24.1 Å². The molecule has 1 unspecified atom stereocenters. The van der Waals surface area contributed by atoms with E-state index in [1.165, 1.54) is 4.68 Å². The van der Waals surface area contributed by atoms with Gasteiger partial charge in [-0.25, -0.2) is 14.3 Å². The Morgan fingerprint density at radius 3 is 2.38 bits per heavy atom. The molecule has 2 aromatic carbocycles. The van der Waals surface area contributed by atoms with Crippen LogP contribution in [0.15, 0.2) is 53.5 Å². The summed E-state index contributed by atoms with van der Waals surface area (Å²) in [6, 6.07) is 13.6. The van der Waals surface area contributed by atoms with Gasteiger partial charge in [-0.15, -0.1) is 5.10 Å². The Hall–Kier alpha value is -4.20. The van der Waals surface area contributed by atoms with Gasteiger partial charge in [-0.2, -0.15) is 5.10 Å². The van der Waals surface area contributed by atoms with Gasteiger partial charge in [0.15, 0.2) is 11.9 Å². The van der Waals surface area contributed by atoms with Crippen LogP contribution in [-0.4, -0.2) is 128 Å². The van der Waals surface area contributed by atoms with Crippen LogP contribution in [0.3, 0.4) is 0 Å². The van der Waals surface area contributed by atoms with Gasteiger partial charge in [0.1, 0.15) is 0 Å². The van der Waals surface area contributed by atoms with Crippen LogP contribution in [0.2, 0.25) is 5.02 Å². The van der Waals surface area contributed by atoms with Gasteiger partial charge in [-0.05, 0) is 63.5 Å². The van der Waals surface area contributed by atoms with E-state index < -0.39 is 12.2 Å². The monoisotopic (exact) mass is 675 g/mol. The van der Waals surface area contributed by atoms with Gasteiger partial charge in [0.2, 0.25) is 0 Å². The van der Waals surface area contributed by atoms with Gasteiger partial charge in [-0.3, -0.25) is 19.8 Å². The molecule has 2 amide bonds. The van der Waals surface area contributed by atoms with E-state index >= 15 is 0 Å². The Morgan fingerprint density at radius 1 is 0.938 bits per heavy atom. The number of ether oxygens (including phenoxy) is 1. The first-order chi connectivity index (χ1) is 23.3. The molecule has 0 saturated carbocycles. The second kappa shape index (κ2) is 14.1. The minimum atomic E-state index is -1.01. The summed E-state index contributed by atoms with van der Waals surface area (Å²) in [5.41, 5.74) is 2.07. The first-order valence-electron chi connectivity index (χ1n) is 16.8. The van der Waals surface area contributed by atoms with E-state index in [4.69, 9.17) is 16.3 Å². The molecule has 2 N–H and O–H groups in total. The summed E-state index contributed by atoms with van der Waals surface area (Å²) in [7, 11) is 2.16. The van der Waals surface area contributed by atoms with Crippen LogP contribution in [-0.2, 0) is 16.0 Å². The van der Waals surface area contributed by atoms with Gasteiger partial charge >= 0.3 is 11.8 Å². The standard InChI is InChI=1S/C34H42ClN9O4/c1-40-11-7-26(8-12-40)41-15-17-42(18-16-41)32(45)29(21-23-19-25-22-36-38-30(25)28(35)20-23)48-34(47)43-13-9-27(10-14-43)44-33(46)37-31(39-44)24-5-3-2-4-6-24/h2-6,19-20,22,26-27,29H,7-18,21H2,1H3,(H,36,38)(H,37,39,46). The van der Waals surface area contributed by atoms with E-state index in [1.54, 1.807) is 17.2 Å². The molecule has 0 bridgehead atoms. The van der Waals surface area contributed by atoms with Crippen LogP contribution in [0.5, 0.6) is 0 Å². The smallest absolute Gasteiger partial charge is 0.410 e. The molecule has 0 radical (unpaired) electrons. The number of fused-ring (bicyclic) bond motifs is 1. The molecule has 3 fully saturated rings. The third kappa shape index (κ3) is 6.99. The normalized spacial score (nSPS) is 19.5. The summed E-state index contributed by atoms with van der Waals surface area (Å²) in [4.78, 5) is 51.6. The lowest BCUT2D eigenvalue weighted by Crippen LogP contribution is -2.56. The minimum absolute atomic E-state index is 0.155. The SMILES string of the molecule is CN1CCC(N2CCN(C(=O)C(Cc3cc(Cl)c4[nH]ncc4c3)OC(=O)N3CCC(n4nc(-c5ccccc5)[nH]c4=O)CC3)CC2)CC1. The number of carbonyl (C=O) groups excluding carboxylic acids is 2. The number of nitrogens with one attached hydrogen (secondary N) is 2. The zero-order valence-electron chi connectivity index (χ0n) is 27.2. The van der Waals surface area contributed by atoms with Crippen molar-refractivity contribution in [3.05, 3.63) is 69.7 Å². The highest BCUT2D eigenvalue weighted by molar-refractivity contribution is 6.35. The quantitative estimate of drug-likeness (QED) is 0.305. The lowest BCUT2D eigenvalue weighted by atomic mass is 10.0. The number of hydrogen-bond donors (Lipinski definition) is 2. The maximum Gasteiger partial charge on any atom is 0.410 e. The number of likely N-dealkylation sites (tertiary alicyclic amines) is 2. The van der Waals surface area contributed by atoms with Crippen molar-refractivity contribution >= 4 is 34.5 Å². The zero-order valence-corrected chi connectivity index (χ0v) is 27.9. The summed E-state index contributed by atoms with van der Waals surface area (Å²) in [5.74, 6) is 0.325. The van der Waals surface area contributed by atoms with Gasteiger partial charge < -0.3 is 19.4 Å². The number of rotatable bonds is 7. The van der Waals surface area contributed by atoms with Gasteiger partial charge in [-0.1, -0.05) is 41.9 Å². The summed E-state index contributed by atoms with van der Waals surface area (Å²) in [5, 5.41) is 12.9. The van der Waals surface area contributed by atoms with Crippen molar-refractivity contribution in [1.29, 1.82) is 0 Å². The molecule has 3 aliphatic heterocycles. The van der Waals surface area contributed by atoms with Gasteiger partial charge in [0.05, 0.1) is 22.8 Å². The average molecular weight is 676 g/mol. The third-order valence-electron chi connectivity index (χ3n) is 10.1. The number of aromatic amines is 2. The number of halogens is 1. The van der Waals surface area contributed by atoms with Gasteiger partial charge in [0.25, 0.3) is 5.91 Å². The van der Waals surface area contributed by atoms with E-state index in [9.17, 15) is 14.4 Å². The Morgan fingerprint density at radius 2 is 1.65 bits per heavy atom. The topological polar surface area (TPSA) is 136 Å². The van der Waals surface area contributed by atoms with Crippen LogP contribution in [0, 0.1) is 0 Å². The van der Waals surface area contributed by atoms with Crippen molar-refractivity contribution in [3.8, 4) is 11.4 Å². The van der Waals surface area contributed by atoms with E-state index in [0.29, 0.717) is 55.9 Å². The zero-order chi connectivity index (χ0) is 33.2. The maximum atomic E-state index is 14.0. The second-order valence-corrected chi connectivity index (χ2v) is 13.6. The van der Waals surface area contributed by atoms with Crippen LogP contribution in [0.25, 0.3) is 22.3 Å². The molecule has 48 heavy (non-hydrogen) atoms. The van der Waals surface area contributed by atoms with Crippen molar-refractivity contribution in [2.75, 3.05) is 59.4 Å². The number of aromatic nitrogens is 5. The van der Waals surface area contributed by atoms with E-state index in [2.05, 4.69) is 37.1 Å². The minimum Gasteiger partial charge on any atom is -0.436 e. The molecule has 0 aliphatic carbocycles. The van der Waals surface area contributed by atoms with Crippen molar-refractivity contribution in [2.45, 2.75) is 50.3 Å². The number of nitrogens with zero attached hydrogens (tertiary/aromatic N) is 7. The molecule has 1 atom stereocenters. The number of piperazine rings is 1. The Kier molecular flexibility index (Phi) is 9.51. The summed E-state index contributed by atoms with van der Waals surface area (Å²) >= 11 is 6.53. The van der Waals surface area contributed by atoms with Crippen molar-refractivity contribution in [3.63, 3.8) is 0 Å². The van der Waals surface area contributed by atoms with Crippen LogP contribution in [0.1, 0.15) is 37.3 Å². The van der Waals surface area contributed by atoms with Gasteiger partial charge in [0, 0.05) is 62.7 Å². The third-order valence-corrected chi connectivity index (χ3v) is 10.4. The summed E-state index contributed by atoms with van der Waals surface area (Å²) < 4.78 is 7.53.